The van der Waals surface area contributed by atoms with Gasteiger partial charge >= 0.3 is 0 Å². The molecule has 1 heterocycles. The van der Waals surface area contributed by atoms with Crippen LogP contribution in [0.4, 0.5) is 9.39 Å². The first-order valence-electron chi connectivity index (χ1n) is 8.58. The van der Waals surface area contributed by atoms with Gasteiger partial charge in [-0.2, -0.15) is 0 Å². The summed E-state index contributed by atoms with van der Waals surface area (Å²) < 4.78 is 39.9. The highest BCUT2D eigenvalue weighted by Gasteiger charge is 2.27. The molecule has 0 bridgehead atoms. The molecule has 0 unspecified atom stereocenters. The molecule has 0 aliphatic carbocycles. The largest absolute Gasteiger partial charge is 0.366 e. The van der Waals surface area contributed by atoms with Crippen LogP contribution in [0.2, 0.25) is 0 Å². The van der Waals surface area contributed by atoms with Crippen molar-refractivity contribution in [2.24, 2.45) is 5.73 Å². The second kappa shape index (κ2) is 8.14. The molecule has 0 spiro atoms. The third-order valence-electron chi connectivity index (χ3n) is 4.23. The quantitative estimate of drug-likeness (QED) is 0.620. The molecule has 2 amide bonds. The van der Waals surface area contributed by atoms with Crippen LogP contribution < -0.4 is 11.1 Å². The third kappa shape index (κ3) is 4.06. The Hall–Kier alpha value is -3.04. The van der Waals surface area contributed by atoms with Crippen LogP contribution in [0, 0.1) is 5.82 Å². The minimum Gasteiger partial charge on any atom is -0.366 e. The molecule has 0 saturated carbocycles. The van der Waals surface area contributed by atoms with Gasteiger partial charge in [0.15, 0.2) is 0 Å². The van der Waals surface area contributed by atoms with Gasteiger partial charge in [0.05, 0.1) is 16.0 Å². The van der Waals surface area contributed by atoms with Crippen molar-refractivity contribution in [2.45, 2.75) is 22.4 Å². The van der Waals surface area contributed by atoms with Crippen LogP contribution >= 0.6 is 11.3 Å². The molecule has 3 rings (SSSR count). The predicted molar refractivity (Wildman–Crippen MR) is 108 cm³/mol. The average Bonchev–Trinajstić information content (AvgIpc) is 3.13. The van der Waals surface area contributed by atoms with E-state index in [1.54, 1.807) is 18.2 Å². The molecule has 0 saturated heterocycles. The fourth-order valence-electron chi connectivity index (χ4n) is 2.76. The summed E-state index contributed by atoms with van der Waals surface area (Å²) in [4.78, 5) is 24.3. The van der Waals surface area contributed by atoms with Crippen LogP contribution in [0.15, 0.2) is 63.7 Å². The number of halogens is 1. The molecule has 150 valence electrons. The average molecular weight is 432 g/mol. The van der Waals surface area contributed by atoms with E-state index in [0.29, 0.717) is 23.3 Å². The number of nitrogens with one attached hydrogen (secondary N) is 1. The third-order valence-corrected chi connectivity index (χ3v) is 7.61. The second-order valence-electron chi connectivity index (χ2n) is 6.07. The van der Waals surface area contributed by atoms with E-state index >= 15 is 0 Å². The Morgan fingerprint density at radius 2 is 1.72 bits per heavy atom. The molecular weight excluding hydrogens is 415 g/mol. The Morgan fingerprint density at radius 3 is 2.38 bits per heavy atom. The fourth-order valence-corrected chi connectivity index (χ4v) is 5.81. The number of anilines is 1. The van der Waals surface area contributed by atoms with Gasteiger partial charge in [-0.05, 0) is 36.2 Å². The van der Waals surface area contributed by atoms with Gasteiger partial charge in [-0.25, -0.2) is 12.8 Å². The number of hydrogen-bond acceptors (Lipinski definition) is 5. The van der Waals surface area contributed by atoms with Gasteiger partial charge in [-0.1, -0.05) is 37.3 Å². The summed E-state index contributed by atoms with van der Waals surface area (Å²) in [6.07, 6.45) is 0.500. The maximum Gasteiger partial charge on any atom is 0.259 e. The van der Waals surface area contributed by atoms with Gasteiger partial charge < -0.3 is 11.1 Å². The van der Waals surface area contributed by atoms with Crippen molar-refractivity contribution in [3.63, 3.8) is 0 Å². The van der Waals surface area contributed by atoms with Crippen molar-refractivity contribution in [3.05, 3.63) is 77.1 Å². The van der Waals surface area contributed by atoms with E-state index in [-0.39, 0.29) is 25.2 Å². The fraction of sp³-hybridized carbons (Fsp3) is 0.100. The molecule has 3 aromatic rings. The van der Waals surface area contributed by atoms with Gasteiger partial charge in [-0.3, -0.25) is 9.59 Å². The Balaban J connectivity index is 2.04. The van der Waals surface area contributed by atoms with Gasteiger partial charge in [0.25, 0.3) is 11.8 Å². The molecule has 3 N–H and O–H groups in total. The standard InChI is InChI=1S/C20H17FN2O4S2/c1-2-12-7-3-6-10-16(12)29(26,27)17-11-14(18(22)24)20(28-17)23-19(25)13-8-4-5-9-15(13)21/h3-11H,2H2,1H3,(H2,22,24)(H,23,25). The van der Waals surface area contributed by atoms with Crippen LogP contribution in [-0.2, 0) is 16.3 Å². The second-order valence-corrected chi connectivity index (χ2v) is 9.27. The van der Waals surface area contributed by atoms with Crippen LogP contribution in [-0.4, -0.2) is 20.2 Å². The lowest BCUT2D eigenvalue weighted by molar-refractivity contribution is 0.100. The lowest BCUT2D eigenvalue weighted by Gasteiger charge is -2.07. The minimum atomic E-state index is -3.94. The summed E-state index contributed by atoms with van der Waals surface area (Å²) in [6.45, 7) is 1.83. The molecule has 0 aliphatic heterocycles. The summed E-state index contributed by atoms with van der Waals surface area (Å²) in [7, 11) is -3.94. The SMILES string of the molecule is CCc1ccccc1S(=O)(=O)c1cc(C(N)=O)c(NC(=O)c2ccccc2F)s1. The number of hydrogen-bond donors (Lipinski definition) is 2. The maximum absolute atomic E-state index is 13.9. The summed E-state index contributed by atoms with van der Waals surface area (Å²) >= 11 is 0.694. The zero-order valence-electron chi connectivity index (χ0n) is 15.3. The van der Waals surface area contributed by atoms with Crippen LogP contribution in [0.3, 0.4) is 0 Å². The molecule has 0 atom stereocenters. The summed E-state index contributed by atoms with van der Waals surface area (Å²) in [5, 5.41) is 2.34. The Bertz CT molecular complexity index is 1200. The zero-order chi connectivity index (χ0) is 21.2. The molecule has 0 aliphatic rings. The maximum atomic E-state index is 13.9. The molecule has 0 fully saturated rings. The Kier molecular flexibility index (Phi) is 5.81. The van der Waals surface area contributed by atoms with E-state index in [0.717, 1.165) is 12.1 Å². The smallest absolute Gasteiger partial charge is 0.259 e. The number of sulfone groups is 1. The normalized spacial score (nSPS) is 11.2. The van der Waals surface area contributed by atoms with Crippen molar-refractivity contribution >= 4 is 38.0 Å². The highest BCUT2D eigenvalue weighted by molar-refractivity contribution is 7.93. The lowest BCUT2D eigenvalue weighted by atomic mass is 10.2. The number of carbonyl (C=O) groups is 2. The summed E-state index contributed by atoms with van der Waals surface area (Å²) in [5.41, 5.74) is 5.58. The van der Waals surface area contributed by atoms with Gasteiger partial charge in [0.1, 0.15) is 15.0 Å². The first-order valence-corrected chi connectivity index (χ1v) is 10.9. The van der Waals surface area contributed by atoms with E-state index in [1.807, 2.05) is 6.92 Å². The molecule has 6 nitrogen and oxygen atoms in total. The molecule has 29 heavy (non-hydrogen) atoms. The van der Waals surface area contributed by atoms with Crippen molar-refractivity contribution in [1.82, 2.24) is 0 Å². The monoisotopic (exact) mass is 432 g/mol. The van der Waals surface area contributed by atoms with Crippen molar-refractivity contribution < 1.29 is 22.4 Å². The number of nitrogens with two attached hydrogens (primary N) is 1. The molecule has 9 heteroatoms. The number of amides is 2. The lowest BCUT2D eigenvalue weighted by Crippen LogP contribution is -2.17. The van der Waals surface area contributed by atoms with Crippen molar-refractivity contribution in [2.75, 3.05) is 5.32 Å². The first kappa shape index (κ1) is 20.7. The molecule has 2 aromatic carbocycles. The van der Waals surface area contributed by atoms with Gasteiger partial charge in [0, 0.05) is 0 Å². The minimum absolute atomic E-state index is 0.0571. The number of rotatable bonds is 6. The number of carbonyl (C=O) groups excluding carboxylic acids is 2. The highest BCUT2D eigenvalue weighted by atomic mass is 32.2. The topological polar surface area (TPSA) is 106 Å². The summed E-state index contributed by atoms with van der Waals surface area (Å²) in [5.74, 6) is -2.47. The van der Waals surface area contributed by atoms with Crippen molar-refractivity contribution in [1.29, 1.82) is 0 Å². The van der Waals surface area contributed by atoms with E-state index < -0.39 is 27.5 Å². The first-order chi connectivity index (χ1) is 13.8. The number of aryl methyl sites for hydroxylation is 1. The van der Waals surface area contributed by atoms with E-state index in [2.05, 4.69) is 5.32 Å². The van der Waals surface area contributed by atoms with E-state index in [1.165, 1.54) is 24.3 Å². The van der Waals surface area contributed by atoms with E-state index in [4.69, 9.17) is 5.73 Å². The molecule has 0 radical (unpaired) electrons. The summed E-state index contributed by atoms with van der Waals surface area (Å²) in [6, 6.07) is 13.0. The molecular formula is C20H17FN2O4S2. The molecule has 1 aromatic heterocycles. The number of primary amides is 1. The van der Waals surface area contributed by atoms with Crippen molar-refractivity contribution in [3.8, 4) is 0 Å². The predicted octanol–water partition coefficient (Wildman–Crippen LogP) is 3.63. The van der Waals surface area contributed by atoms with Crippen LogP contribution in [0.1, 0.15) is 33.2 Å². The van der Waals surface area contributed by atoms with Crippen LogP contribution in [0.25, 0.3) is 0 Å². The number of thiophene rings is 1. The van der Waals surface area contributed by atoms with Gasteiger partial charge in [0.2, 0.25) is 9.84 Å². The zero-order valence-corrected chi connectivity index (χ0v) is 16.9. The Labute approximate surface area is 171 Å². The highest BCUT2D eigenvalue weighted by Crippen LogP contribution is 2.36. The number of benzene rings is 2. The Morgan fingerprint density at radius 1 is 1.07 bits per heavy atom. The van der Waals surface area contributed by atoms with Crippen LogP contribution in [0.5, 0.6) is 0 Å². The van der Waals surface area contributed by atoms with E-state index in [9.17, 15) is 22.4 Å². The van der Waals surface area contributed by atoms with Gasteiger partial charge in [-0.15, -0.1) is 11.3 Å².